The van der Waals surface area contributed by atoms with Gasteiger partial charge >= 0.3 is 6.09 Å². The second kappa shape index (κ2) is 4.98. The summed E-state index contributed by atoms with van der Waals surface area (Å²) in [6.45, 7) is 5.38. The normalized spacial score (nSPS) is 17.1. The lowest BCUT2D eigenvalue weighted by atomic mass is 10.1. The van der Waals surface area contributed by atoms with E-state index in [1.165, 1.54) is 12.3 Å². The van der Waals surface area contributed by atoms with Crippen molar-refractivity contribution in [2.45, 2.75) is 49.8 Å². The fraction of sp³-hybridized carbons (Fsp3) is 0.571. The van der Waals surface area contributed by atoms with Crippen molar-refractivity contribution in [3.63, 3.8) is 0 Å². The van der Waals surface area contributed by atoms with Gasteiger partial charge in [-0.05, 0) is 51.3 Å². The minimum absolute atomic E-state index is 0.0114. The quantitative estimate of drug-likeness (QED) is 0.922. The van der Waals surface area contributed by atoms with Crippen LogP contribution in [0.5, 0.6) is 0 Å². The number of aromatic nitrogens is 1. The van der Waals surface area contributed by atoms with E-state index in [-0.39, 0.29) is 5.03 Å². The number of nitrogens with zero attached hydrogens (tertiary/aromatic N) is 1. The SMILES string of the molecule is CC(C)(C)OC(=O)NC1(c2ccnc(S(C)(=O)=O)c2)CC1. The van der Waals surface area contributed by atoms with Crippen LogP contribution in [0.1, 0.15) is 39.2 Å². The van der Waals surface area contributed by atoms with Crippen LogP contribution in [0.4, 0.5) is 4.79 Å². The highest BCUT2D eigenvalue weighted by Gasteiger charge is 2.47. The van der Waals surface area contributed by atoms with Gasteiger partial charge < -0.3 is 10.1 Å². The Morgan fingerprint density at radius 3 is 2.48 bits per heavy atom. The van der Waals surface area contributed by atoms with Crippen molar-refractivity contribution in [1.29, 1.82) is 0 Å². The van der Waals surface area contributed by atoms with Gasteiger partial charge in [0.15, 0.2) is 14.9 Å². The molecule has 0 saturated heterocycles. The summed E-state index contributed by atoms with van der Waals surface area (Å²) in [4.78, 5) is 15.8. The van der Waals surface area contributed by atoms with Gasteiger partial charge in [0.2, 0.25) is 0 Å². The Morgan fingerprint density at radius 2 is 2.00 bits per heavy atom. The molecule has 0 radical (unpaired) electrons. The molecule has 0 unspecified atom stereocenters. The maximum absolute atomic E-state index is 11.9. The van der Waals surface area contributed by atoms with E-state index in [2.05, 4.69) is 10.3 Å². The van der Waals surface area contributed by atoms with E-state index in [0.717, 1.165) is 24.7 Å². The van der Waals surface area contributed by atoms with Crippen molar-refractivity contribution >= 4 is 15.9 Å². The Hall–Kier alpha value is -1.63. The first-order chi connectivity index (χ1) is 9.52. The molecule has 116 valence electrons. The average molecular weight is 312 g/mol. The molecule has 1 amide bonds. The molecule has 0 aliphatic heterocycles. The molecule has 0 aromatic carbocycles. The first-order valence-electron chi connectivity index (χ1n) is 6.70. The number of hydrogen-bond donors (Lipinski definition) is 1. The fourth-order valence-electron chi connectivity index (χ4n) is 2.02. The van der Waals surface area contributed by atoms with E-state index in [9.17, 15) is 13.2 Å². The van der Waals surface area contributed by atoms with Gasteiger partial charge in [0, 0.05) is 12.5 Å². The second-order valence-electron chi connectivity index (χ2n) is 6.36. The smallest absolute Gasteiger partial charge is 0.408 e. The monoisotopic (exact) mass is 312 g/mol. The predicted molar refractivity (Wildman–Crippen MR) is 77.6 cm³/mol. The average Bonchev–Trinajstić information content (AvgIpc) is 3.06. The van der Waals surface area contributed by atoms with Crippen LogP contribution in [0.2, 0.25) is 0 Å². The van der Waals surface area contributed by atoms with Crippen LogP contribution in [0.15, 0.2) is 23.4 Å². The van der Waals surface area contributed by atoms with E-state index >= 15 is 0 Å². The van der Waals surface area contributed by atoms with Crippen LogP contribution >= 0.6 is 0 Å². The highest BCUT2D eigenvalue weighted by molar-refractivity contribution is 7.90. The summed E-state index contributed by atoms with van der Waals surface area (Å²) < 4.78 is 28.4. The number of amides is 1. The van der Waals surface area contributed by atoms with E-state index in [0.29, 0.717) is 0 Å². The number of hydrogen-bond acceptors (Lipinski definition) is 5. The minimum atomic E-state index is -3.37. The Morgan fingerprint density at radius 1 is 1.38 bits per heavy atom. The van der Waals surface area contributed by atoms with Gasteiger partial charge in [-0.2, -0.15) is 0 Å². The molecule has 1 fully saturated rings. The first kappa shape index (κ1) is 15.8. The van der Waals surface area contributed by atoms with Gasteiger partial charge in [0.25, 0.3) is 0 Å². The van der Waals surface area contributed by atoms with Crippen LogP contribution in [0.3, 0.4) is 0 Å². The number of sulfone groups is 1. The molecule has 1 aromatic heterocycles. The number of ether oxygens (including phenoxy) is 1. The van der Waals surface area contributed by atoms with Gasteiger partial charge in [0.1, 0.15) is 5.60 Å². The lowest BCUT2D eigenvalue weighted by Gasteiger charge is -2.23. The summed E-state index contributed by atoms with van der Waals surface area (Å²) in [6, 6.07) is 3.23. The van der Waals surface area contributed by atoms with Gasteiger partial charge in [-0.1, -0.05) is 0 Å². The summed E-state index contributed by atoms with van der Waals surface area (Å²) in [7, 11) is -3.37. The first-order valence-corrected chi connectivity index (χ1v) is 8.59. The molecule has 21 heavy (non-hydrogen) atoms. The van der Waals surface area contributed by atoms with E-state index in [1.807, 2.05) is 0 Å². The van der Waals surface area contributed by atoms with Gasteiger partial charge in [-0.25, -0.2) is 18.2 Å². The molecule has 2 rings (SSSR count). The molecule has 6 nitrogen and oxygen atoms in total. The molecular formula is C14H20N2O4S. The molecule has 1 aliphatic carbocycles. The number of carbonyl (C=O) groups excluding carboxylic acids is 1. The summed E-state index contributed by atoms with van der Waals surface area (Å²) in [5.74, 6) is 0. The molecule has 0 spiro atoms. The zero-order chi connectivity index (χ0) is 15.9. The molecule has 7 heteroatoms. The lowest BCUT2D eigenvalue weighted by Crippen LogP contribution is -2.39. The topological polar surface area (TPSA) is 85.4 Å². The van der Waals surface area contributed by atoms with Crippen LogP contribution in [0.25, 0.3) is 0 Å². The third-order valence-corrected chi connectivity index (χ3v) is 4.14. The number of nitrogens with one attached hydrogen (secondary N) is 1. The highest BCUT2D eigenvalue weighted by Crippen LogP contribution is 2.45. The Balaban J connectivity index is 2.20. The van der Waals surface area contributed by atoms with Crippen molar-refractivity contribution in [3.05, 3.63) is 23.9 Å². The van der Waals surface area contributed by atoms with Crippen LogP contribution < -0.4 is 5.32 Å². The van der Waals surface area contributed by atoms with E-state index < -0.39 is 27.1 Å². The number of pyridine rings is 1. The van der Waals surface area contributed by atoms with Crippen molar-refractivity contribution in [1.82, 2.24) is 10.3 Å². The van der Waals surface area contributed by atoms with Crippen LogP contribution in [-0.2, 0) is 20.1 Å². The summed E-state index contributed by atoms with van der Waals surface area (Å²) in [6.07, 6.45) is 3.55. The van der Waals surface area contributed by atoms with Gasteiger partial charge in [0.05, 0.1) is 5.54 Å². The van der Waals surface area contributed by atoms with Crippen molar-refractivity contribution in [2.24, 2.45) is 0 Å². The third-order valence-electron chi connectivity index (χ3n) is 3.16. The second-order valence-corrected chi connectivity index (χ2v) is 8.33. The molecule has 1 aromatic rings. The molecule has 1 aliphatic rings. The van der Waals surface area contributed by atoms with E-state index in [4.69, 9.17) is 4.74 Å². The summed E-state index contributed by atoms with van der Waals surface area (Å²) >= 11 is 0. The number of rotatable bonds is 3. The third kappa shape index (κ3) is 3.93. The molecule has 0 atom stereocenters. The predicted octanol–water partition coefficient (Wildman–Crippen LogP) is 2.00. The van der Waals surface area contributed by atoms with E-state index in [1.54, 1.807) is 26.8 Å². The maximum Gasteiger partial charge on any atom is 0.408 e. The van der Waals surface area contributed by atoms with Crippen LogP contribution in [-0.4, -0.2) is 31.4 Å². The van der Waals surface area contributed by atoms with Crippen molar-refractivity contribution < 1.29 is 17.9 Å². The molecule has 1 heterocycles. The minimum Gasteiger partial charge on any atom is -0.444 e. The number of alkyl carbamates (subject to hydrolysis) is 1. The van der Waals surface area contributed by atoms with Gasteiger partial charge in [-0.3, -0.25) is 0 Å². The largest absolute Gasteiger partial charge is 0.444 e. The summed E-state index contributed by atoms with van der Waals surface area (Å²) in [5, 5.41) is 2.85. The van der Waals surface area contributed by atoms with Crippen molar-refractivity contribution in [3.8, 4) is 0 Å². The molecular weight excluding hydrogens is 292 g/mol. The molecule has 1 N–H and O–H groups in total. The standard InChI is InChI=1S/C14H20N2O4S/c1-13(2,3)20-12(17)16-14(6-7-14)10-5-8-15-11(9-10)21(4,18)19/h5,8-9H,6-7H2,1-4H3,(H,16,17). The Bertz CT molecular complexity index is 658. The Kier molecular flexibility index (Phi) is 3.73. The molecule has 0 bridgehead atoms. The van der Waals surface area contributed by atoms with Crippen LogP contribution in [0, 0.1) is 0 Å². The highest BCUT2D eigenvalue weighted by atomic mass is 32.2. The molecule has 1 saturated carbocycles. The lowest BCUT2D eigenvalue weighted by molar-refractivity contribution is 0.0495. The summed E-state index contributed by atoms with van der Waals surface area (Å²) in [5.41, 5.74) is -0.370. The Labute approximate surface area is 124 Å². The zero-order valence-electron chi connectivity index (χ0n) is 12.6. The van der Waals surface area contributed by atoms with Gasteiger partial charge in [-0.15, -0.1) is 0 Å². The maximum atomic E-state index is 11.9. The fourth-order valence-corrected chi connectivity index (χ4v) is 2.61. The van der Waals surface area contributed by atoms with Crippen molar-refractivity contribution in [2.75, 3.05) is 6.26 Å². The zero-order valence-corrected chi connectivity index (χ0v) is 13.5. The number of carbonyl (C=O) groups is 1.